The normalized spacial score (nSPS) is 11.9. The SMILES string of the molecule is CCC(C(=O)O)N(C)C(=O)Cc1ccccc1C. The van der Waals surface area contributed by atoms with E-state index >= 15 is 0 Å². The van der Waals surface area contributed by atoms with Crippen LogP contribution in [-0.4, -0.2) is 35.0 Å². The summed E-state index contributed by atoms with van der Waals surface area (Å²) in [5.41, 5.74) is 1.98. The average molecular weight is 249 g/mol. The Labute approximate surface area is 107 Å². The van der Waals surface area contributed by atoms with E-state index in [4.69, 9.17) is 5.11 Å². The number of rotatable bonds is 5. The van der Waals surface area contributed by atoms with Crippen LogP contribution in [0.1, 0.15) is 24.5 Å². The van der Waals surface area contributed by atoms with Gasteiger partial charge in [0, 0.05) is 7.05 Å². The summed E-state index contributed by atoms with van der Waals surface area (Å²) < 4.78 is 0. The van der Waals surface area contributed by atoms with E-state index in [2.05, 4.69) is 0 Å². The van der Waals surface area contributed by atoms with E-state index in [1.807, 2.05) is 31.2 Å². The number of hydrogen-bond donors (Lipinski definition) is 1. The molecule has 0 aliphatic carbocycles. The molecule has 0 fully saturated rings. The van der Waals surface area contributed by atoms with Crippen LogP contribution in [0.4, 0.5) is 0 Å². The summed E-state index contributed by atoms with van der Waals surface area (Å²) in [7, 11) is 1.54. The van der Waals surface area contributed by atoms with Gasteiger partial charge in [-0.25, -0.2) is 4.79 Å². The first-order chi connectivity index (χ1) is 8.47. The van der Waals surface area contributed by atoms with E-state index < -0.39 is 12.0 Å². The predicted molar refractivity (Wildman–Crippen MR) is 69.4 cm³/mol. The van der Waals surface area contributed by atoms with Crippen LogP contribution in [0.25, 0.3) is 0 Å². The molecule has 0 radical (unpaired) electrons. The van der Waals surface area contributed by atoms with Crippen molar-refractivity contribution in [3.8, 4) is 0 Å². The van der Waals surface area contributed by atoms with Gasteiger partial charge in [0.15, 0.2) is 0 Å². The van der Waals surface area contributed by atoms with Crippen molar-refractivity contribution in [2.75, 3.05) is 7.05 Å². The van der Waals surface area contributed by atoms with Crippen molar-refractivity contribution in [1.82, 2.24) is 4.90 Å². The maximum absolute atomic E-state index is 12.0. The fourth-order valence-electron chi connectivity index (χ4n) is 1.88. The summed E-state index contributed by atoms with van der Waals surface area (Å²) >= 11 is 0. The Balaban J connectivity index is 2.77. The van der Waals surface area contributed by atoms with Crippen LogP contribution in [0, 0.1) is 6.92 Å². The molecule has 1 aromatic rings. The highest BCUT2D eigenvalue weighted by Crippen LogP contribution is 2.11. The number of amides is 1. The summed E-state index contributed by atoms with van der Waals surface area (Å²) in [5.74, 6) is -1.13. The van der Waals surface area contributed by atoms with Crippen LogP contribution in [0.5, 0.6) is 0 Å². The van der Waals surface area contributed by atoms with Gasteiger partial charge in [-0.1, -0.05) is 31.2 Å². The number of hydrogen-bond acceptors (Lipinski definition) is 2. The highest BCUT2D eigenvalue weighted by Gasteiger charge is 2.24. The molecule has 0 aromatic heterocycles. The summed E-state index contributed by atoms with van der Waals surface area (Å²) in [5, 5.41) is 9.02. The molecule has 0 aliphatic heterocycles. The Bertz CT molecular complexity index is 442. The zero-order valence-electron chi connectivity index (χ0n) is 11.0. The molecule has 4 nitrogen and oxygen atoms in total. The zero-order chi connectivity index (χ0) is 13.7. The van der Waals surface area contributed by atoms with Crippen LogP contribution in [-0.2, 0) is 16.0 Å². The number of aliphatic carboxylic acids is 1. The molecular weight excluding hydrogens is 230 g/mol. The lowest BCUT2D eigenvalue weighted by atomic mass is 10.0. The van der Waals surface area contributed by atoms with Crippen molar-refractivity contribution in [3.63, 3.8) is 0 Å². The number of carbonyl (C=O) groups excluding carboxylic acids is 1. The van der Waals surface area contributed by atoms with Gasteiger partial charge in [0.25, 0.3) is 0 Å². The van der Waals surface area contributed by atoms with Gasteiger partial charge in [0.05, 0.1) is 6.42 Å². The third-order valence-electron chi connectivity index (χ3n) is 3.14. The van der Waals surface area contributed by atoms with Crippen LogP contribution >= 0.6 is 0 Å². The molecule has 0 saturated heterocycles. The Morgan fingerprint density at radius 3 is 2.44 bits per heavy atom. The second-order valence-electron chi connectivity index (χ2n) is 4.37. The quantitative estimate of drug-likeness (QED) is 0.866. The average Bonchev–Trinajstić information content (AvgIpc) is 2.32. The third kappa shape index (κ3) is 3.32. The highest BCUT2D eigenvalue weighted by molar-refractivity contribution is 5.84. The fourth-order valence-corrected chi connectivity index (χ4v) is 1.88. The molecular formula is C14H19NO3. The molecule has 1 unspecified atom stereocenters. The van der Waals surface area contributed by atoms with Crippen LogP contribution in [0.3, 0.4) is 0 Å². The summed E-state index contributed by atoms with van der Waals surface area (Å²) in [6, 6.07) is 6.88. The van der Waals surface area contributed by atoms with Gasteiger partial charge in [0.1, 0.15) is 6.04 Å². The van der Waals surface area contributed by atoms with Gasteiger partial charge in [-0.05, 0) is 24.5 Å². The molecule has 0 heterocycles. The minimum atomic E-state index is -0.960. The molecule has 0 saturated carbocycles. The molecule has 0 bridgehead atoms. The lowest BCUT2D eigenvalue weighted by Crippen LogP contribution is -2.42. The largest absolute Gasteiger partial charge is 0.480 e. The number of carboxylic acids is 1. The molecule has 18 heavy (non-hydrogen) atoms. The minimum absolute atomic E-state index is 0.168. The van der Waals surface area contributed by atoms with Gasteiger partial charge >= 0.3 is 5.97 Å². The number of nitrogens with zero attached hydrogens (tertiary/aromatic N) is 1. The maximum atomic E-state index is 12.0. The van der Waals surface area contributed by atoms with Crippen molar-refractivity contribution in [2.24, 2.45) is 0 Å². The van der Waals surface area contributed by atoms with Gasteiger partial charge in [-0.15, -0.1) is 0 Å². The van der Waals surface area contributed by atoms with E-state index in [0.717, 1.165) is 11.1 Å². The minimum Gasteiger partial charge on any atom is -0.480 e. The van der Waals surface area contributed by atoms with Crippen LogP contribution in [0.15, 0.2) is 24.3 Å². The van der Waals surface area contributed by atoms with E-state index in [-0.39, 0.29) is 12.3 Å². The van der Waals surface area contributed by atoms with Crippen LogP contribution < -0.4 is 0 Å². The van der Waals surface area contributed by atoms with Crippen molar-refractivity contribution in [2.45, 2.75) is 32.7 Å². The Morgan fingerprint density at radius 2 is 1.94 bits per heavy atom. The Morgan fingerprint density at radius 1 is 1.33 bits per heavy atom. The van der Waals surface area contributed by atoms with E-state index in [9.17, 15) is 9.59 Å². The smallest absolute Gasteiger partial charge is 0.326 e. The number of benzene rings is 1. The Kier molecular flexibility index (Phi) is 4.89. The molecule has 1 atom stereocenters. The van der Waals surface area contributed by atoms with E-state index in [1.165, 1.54) is 4.90 Å². The Hall–Kier alpha value is -1.84. The second-order valence-corrected chi connectivity index (χ2v) is 4.37. The van der Waals surface area contributed by atoms with Crippen molar-refractivity contribution < 1.29 is 14.7 Å². The maximum Gasteiger partial charge on any atom is 0.326 e. The molecule has 1 amide bonds. The van der Waals surface area contributed by atoms with E-state index in [1.54, 1.807) is 14.0 Å². The molecule has 98 valence electrons. The predicted octanol–water partition coefficient (Wildman–Crippen LogP) is 1.86. The van der Waals surface area contributed by atoms with Gasteiger partial charge in [-0.3, -0.25) is 4.79 Å². The molecule has 1 aromatic carbocycles. The molecule has 0 spiro atoms. The monoisotopic (exact) mass is 249 g/mol. The molecule has 4 heteroatoms. The van der Waals surface area contributed by atoms with E-state index in [0.29, 0.717) is 6.42 Å². The summed E-state index contributed by atoms with van der Waals surface area (Å²) in [4.78, 5) is 24.3. The molecule has 0 aliphatic rings. The van der Waals surface area contributed by atoms with Crippen molar-refractivity contribution in [3.05, 3.63) is 35.4 Å². The van der Waals surface area contributed by atoms with Crippen molar-refractivity contribution >= 4 is 11.9 Å². The number of likely N-dealkylation sites (N-methyl/N-ethyl adjacent to an activating group) is 1. The summed E-state index contributed by atoms with van der Waals surface area (Å²) in [6.45, 7) is 3.70. The standard InChI is InChI=1S/C14H19NO3/c1-4-12(14(17)18)15(3)13(16)9-11-8-6-5-7-10(11)2/h5-8,12H,4,9H2,1-3H3,(H,17,18). The topological polar surface area (TPSA) is 57.6 Å². The van der Waals surface area contributed by atoms with Crippen LogP contribution in [0.2, 0.25) is 0 Å². The third-order valence-corrected chi connectivity index (χ3v) is 3.14. The number of aryl methyl sites for hydroxylation is 1. The first-order valence-corrected chi connectivity index (χ1v) is 6.00. The summed E-state index contributed by atoms with van der Waals surface area (Å²) in [6.07, 6.45) is 0.651. The van der Waals surface area contributed by atoms with Gasteiger partial charge in [0.2, 0.25) is 5.91 Å². The van der Waals surface area contributed by atoms with Crippen molar-refractivity contribution in [1.29, 1.82) is 0 Å². The number of carboxylic acid groups (broad SMARTS) is 1. The lowest BCUT2D eigenvalue weighted by Gasteiger charge is -2.24. The first kappa shape index (κ1) is 14.2. The lowest BCUT2D eigenvalue weighted by molar-refractivity contribution is -0.148. The first-order valence-electron chi connectivity index (χ1n) is 6.00. The van der Waals surface area contributed by atoms with Gasteiger partial charge < -0.3 is 10.0 Å². The zero-order valence-corrected chi connectivity index (χ0v) is 11.0. The van der Waals surface area contributed by atoms with Gasteiger partial charge in [-0.2, -0.15) is 0 Å². The second kappa shape index (κ2) is 6.19. The highest BCUT2D eigenvalue weighted by atomic mass is 16.4. The number of carbonyl (C=O) groups is 2. The fraction of sp³-hybridized carbons (Fsp3) is 0.429. The molecule has 1 N–H and O–H groups in total. The molecule has 1 rings (SSSR count).